The highest BCUT2D eigenvalue weighted by atomic mass is 32.2. The molecule has 1 aromatic carbocycles. The smallest absolute Gasteiger partial charge is 0.191 e. The Balaban J connectivity index is 1.94. The molecule has 0 amide bonds. The van der Waals surface area contributed by atoms with E-state index in [2.05, 4.69) is 44.2 Å². The maximum Gasteiger partial charge on any atom is 0.191 e. The Morgan fingerprint density at radius 3 is 2.89 bits per heavy atom. The molecule has 1 saturated carbocycles. The van der Waals surface area contributed by atoms with Gasteiger partial charge in [0.05, 0.1) is 0 Å². The SMILES string of the molecule is CSc1nnc(-c2c[nH]c3ccccc23)n1C1CC1. The number of hydrogen-bond donors (Lipinski definition) is 1. The van der Waals surface area contributed by atoms with Gasteiger partial charge in [0, 0.05) is 28.7 Å². The number of fused-ring (bicyclic) bond motifs is 1. The predicted octanol–water partition coefficient (Wildman–Crippen LogP) is 3.48. The van der Waals surface area contributed by atoms with Crippen molar-refractivity contribution in [3.8, 4) is 11.4 Å². The molecule has 1 aliphatic carbocycles. The van der Waals surface area contributed by atoms with E-state index in [-0.39, 0.29) is 0 Å². The molecule has 3 aromatic rings. The summed E-state index contributed by atoms with van der Waals surface area (Å²) >= 11 is 1.67. The number of aromatic nitrogens is 4. The van der Waals surface area contributed by atoms with Gasteiger partial charge in [0.1, 0.15) is 0 Å². The van der Waals surface area contributed by atoms with Crippen molar-refractivity contribution in [2.24, 2.45) is 0 Å². The van der Waals surface area contributed by atoms with Crippen molar-refractivity contribution >= 4 is 22.7 Å². The molecule has 1 N–H and O–H groups in total. The standard InChI is InChI=1S/C14H14N4S/c1-19-14-17-16-13(18(14)9-6-7-9)11-8-15-12-5-3-2-4-10(11)12/h2-5,8-9,15H,6-7H2,1H3. The average Bonchev–Trinajstić information content (AvgIpc) is 3.06. The first-order valence-corrected chi connectivity index (χ1v) is 7.66. The largest absolute Gasteiger partial charge is 0.360 e. The third-order valence-corrected chi connectivity index (χ3v) is 4.23. The number of H-pyrrole nitrogens is 1. The molecule has 2 heterocycles. The minimum Gasteiger partial charge on any atom is -0.360 e. The van der Waals surface area contributed by atoms with Crippen LogP contribution in [-0.4, -0.2) is 26.0 Å². The van der Waals surface area contributed by atoms with E-state index in [1.807, 2.05) is 12.3 Å². The summed E-state index contributed by atoms with van der Waals surface area (Å²) in [6.07, 6.45) is 6.57. The van der Waals surface area contributed by atoms with Crippen LogP contribution in [0.2, 0.25) is 0 Å². The zero-order chi connectivity index (χ0) is 12.8. The summed E-state index contributed by atoms with van der Waals surface area (Å²) in [5.41, 5.74) is 2.30. The van der Waals surface area contributed by atoms with Gasteiger partial charge in [0.2, 0.25) is 0 Å². The summed E-state index contributed by atoms with van der Waals surface area (Å²) in [6.45, 7) is 0. The molecule has 2 aromatic heterocycles. The van der Waals surface area contributed by atoms with Gasteiger partial charge in [-0.3, -0.25) is 4.57 Å². The lowest BCUT2D eigenvalue weighted by Crippen LogP contribution is -1.98. The minimum absolute atomic E-state index is 0.584. The Labute approximate surface area is 115 Å². The van der Waals surface area contributed by atoms with Gasteiger partial charge in [-0.25, -0.2) is 0 Å². The Bertz CT molecular complexity index is 739. The summed E-state index contributed by atoms with van der Waals surface area (Å²) in [7, 11) is 0. The maximum absolute atomic E-state index is 4.41. The van der Waals surface area contributed by atoms with Gasteiger partial charge in [-0.05, 0) is 25.2 Å². The van der Waals surface area contributed by atoms with Crippen molar-refractivity contribution < 1.29 is 0 Å². The number of para-hydroxylation sites is 1. The molecule has 0 bridgehead atoms. The fraction of sp³-hybridized carbons (Fsp3) is 0.286. The average molecular weight is 270 g/mol. The van der Waals surface area contributed by atoms with E-state index in [0.29, 0.717) is 6.04 Å². The number of thioether (sulfide) groups is 1. The number of benzene rings is 1. The van der Waals surface area contributed by atoms with Crippen molar-refractivity contribution in [3.05, 3.63) is 30.5 Å². The van der Waals surface area contributed by atoms with E-state index >= 15 is 0 Å². The first-order valence-electron chi connectivity index (χ1n) is 6.44. The zero-order valence-electron chi connectivity index (χ0n) is 10.6. The molecule has 4 rings (SSSR count). The fourth-order valence-electron chi connectivity index (χ4n) is 2.52. The van der Waals surface area contributed by atoms with Gasteiger partial charge in [-0.2, -0.15) is 0 Å². The lowest BCUT2D eigenvalue weighted by atomic mass is 10.1. The maximum atomic E-state index is 4.41. The predicted molar refractivity (Wildman–Crippen MR) is 77.4 cm³/mol. The molecule has 0 aliphatic heterocycles. The Kier molecular flexibility index (Phi) is 2.41. The number of hydrogen-bond acceptors (Lipinski definition) is 3. The van der Waals surface area contributed by atoms with Crippen molar-refractivity contribution in [2.45, 2.75) is 24.0 Å². The normalized spacial score (nSPS) is 15.2. The van der Waals surface area contributed by atoms with E-state index in [0.717, 1.165) is 22.1 Å². The van der Waals surface area contributed by atoms with Crippen LogP contribution in [0.25, 0.3) is 22.3 Å². The third kappa shape index (κ3) is 1.69. The van der Waals surface area contributed by atoms with Crippen LogP contribution in [-0.2, 0) is 0 Å². The summed E-state index contributed by atoms with van der Waals surface area (Å²) < 4.78 is 2.29. The van der Waals surface area contributed by atoms with Gasteiger partial charge in [0.25, 0.3) is 0 Å². The lowest BCUT2D eigenvalue weighted by Gasteiger charge is -2.06. The Hall–Kier alpha value is -1.75. The highest BCUT2D eigenvalue weighted by molar-refractivity contribution is 7.98. The third-order valence-electron chi connectivity index (χ3n) is 3.59. The fourth-order valence-corrected chi connectivity index (χ4v) is 3.07. The van der Waals surface area contributed by atoms with E-state index < -0.39 is 0 Å². The molecule has 4 nitrogen and oxygen atoms in total. The second-order valence-corrected chi connectivity index (χ2v) is 5.63. The number of aromatic amines is 1. The summed E-state index contributed by atoms with van der Waals surface area (Å²) in [4.78, 5) is 3.31. The van der Waals surface area contributed by atoms with E-state index in [4.69, 9.17) is 0 Å². The topological polar surface area (TPSA) is 46.5 Å². The number of nitrogens with zero attached hydrogens (tertiary/aromatic N) is 3. The van der Waals surface area contributed by atoms with Crippen LogP contribution < -0.4 is 0 Å². The van der Waals surface area contributed by atoms with Crippen molar-refractivity contribution in [2.75, 3.05) is 6.26 Å². The lowest BCUT2D eigenvalue weighted by molar-refractivity contribution is 0.670. The van der Waals surface area contributed by atoms with Crippen LogP contribution in [0.1, 0.15) is 18.9 Å². The second kappa shape index (κ2) is 4.13. The van der Waals surface area contributed by atoms with Crippen LogP contribution in [0.5, 0.6) is 0 Å². The number of nitrogens with one attached hydrogen (secondary N) is 1. The van der Waals surface area contributed by atoms with E-state index in [1.54, 1.807) is 11.8 Å². The van der Waals surface area contributed by atoms with Crippen molar-refractivity contribution in [1.29, 1.82) is 0 Å². The van der Waals surface area contributed by atoms with Gasteiger partial charge in [-0.15, -0.1) is 10.2 Å². The quantitative estimate of drug-likeness (QED) is 0.741. The van der Waals surface area contributed by atoms with Gasteiger partial charge < -0.3 is 4.98 Å². The van der Waals surface area contributed by atoms with Crippen molar-refractivity contribution in [3.63, 3.8) is 0 Å². The second-order valence-electron chi connectivity index (χ2n) is 4.86. The summed E-state index contributed by atoms with van der Waals surface area (Å²) in [5, 5.41) is 11.0. The molecule has 0 radical (unpaired) electrons. The van der Waals surface area contributed by atoms with Gasteiger partial charge in [-0.1, -0.05) is 30.0 Å². The Morgan fingerprint density at radius 2 is 2.11 bits per heavy atom. The molecule has 0 unspecified atom stereocenters. The zero-order valence-corrected chi connectivity index (χ0v) is 11.4. The highest BCUT2D eigenvalue weighted by Gasteiger charge is 2.30. The molecule has 5 heteroatoms. The molecule has 19 heavy (non-hydrogen) atoms. The molecular formula is C14H14N4S. The highest BCUT2D eigenvalue weighted by Crippen LogP contribution is 2.41. The van der Waals surface area contributed by atoms with Gasteiger partial charge in [0.15, 0.2) is 11.0 Å². The van der Waals surface area contributed by atoms with Crippen LogP contribution in [0.3, 0.4) is 0 Å². The first kappa shape index (κ1) is 11.1. The van der Waals surface area contributed by atoms with Gasteiger partial charge >= 0.3 is 0 Å². The monoisotopic (exact) mass is 270 g/mol. The van der Waals surface area contributed by atoms with Crippen LogP contribution in [0.4, 0.5) is 0 Å². The molecule has 1 fully saturated rings. The molecule has 1 aliphatic rings. The van der Waals surface area contributed by atoms with Crippen LogP contribution >= 0.6 is 11.8 Å². The number of rotatable bonds is 3. The van der Waals surface area contributed by atoms with E-state index in [1.165, 1.54) is 18.2 Å². The molecule has 0 atom stereocenters. The van der Waals surface area contributed by atoms with Crippen molar-refractivity contribution in [1.82, 2.24) is 19.7 Å². The Morgan fingerprint density at radius 1 is 1.26 bits per heavy atom. The van der Waals surface area contributed by atoms with Crippen LogP contribution in [0, 0.1) is 0 Å². The molecule has 0 saturated heterocycles. The summed E-state index contributed by atoms with van der Waals surface area (Å²) in [6, 6.07) is 8.91. The molecule has 96 valence electrons. The minimum atomic E-state index is 0.584. The van der Waals surface area contributed by atoms with Crippen LogP contribution in [0.15, 0.2) is 35.6 Å². The van der Waals surface area contributed by atoms with E-state index in [9.17, 15) is 0 Å². The molecule has 0 spiro atoms. The first-order chi connectivity index (χ1) is 9.38. The molecular weight excluding hydrogens is 256 g/mol. The summed E-state index contributed by atoms with van der Waals surface area (Å²) in [5.74, 6) is 0.990.